The van der Waals surface area contributed by atoms with E-state index in [9.17, 15) is 4.79 Å². The van der Waals surface area contributed by atoms with E-state index >= 15 is 0 Å². The van der Waals surface area contributed by atoms with Crippen LogP contribution in [0.1, 0.15) is 22.7 Å². The van der Waals surface area contributed by atoms with Crippen molar-refractivity contribution in [1.29, 1.82) is 0 Å². The molecule has 2 aromatic rings. The lowest BCUT2D eigenvalue weighted by atomic mass is 10.2. The molecule has 20 heavy (non-hydrogen) atoms. The van der Waals surface area contributed by atoms with Crippen molar-refractivity contribution in [3.05, 3.63) is 46.2 Å². The molecule has 3 N–H and O–H groups in total. The van der Waals surface area contributed by atoms with Gasteiger partial charge < -0.3 is 15.8 Å². The van der Waals surface area contributed by atoms with Gasteiger partial charge in [-0.3, -0.25) is 4.79 Å². The van der Waals surface area contributed by atoms with Crippen molar-refractivity contribution in [2.24, 2.45) is 0 Å². The number of amides is 1. The van der Waals surface area contributed by atoms with E-state index in [4.69, 9.17) is 10.5 Å². The molecule has 1 unspecified atom stereocenters. The van der Waals surface area contributed by atoms with E-state index in [1.165, 1.54) is 4.88 Å². The Bertz CT molecular complexity index is 595. The second-order valence-corrected chi connectivity index (χ2v) is 5.92. The molecule has 0 spiro atoms. The Morgan fingerprint density at radius 1 is 1.40 bits per heavy atom. The molecule has 1 atom stereocenters. The van der Waals surface area contributed by atoms with E-state index in [1.54, 1.807) is 35.6 Å². The highest BCUT2D eigenvalue weighted by molar-refractivity contribution is 7.12. The van der Waals surface area contributed by atoms with E-state index in [0.717, 1.165) is 4.88 Å². The molecule has 0 radical (unpaired) electrons. The Kier molecular flexibility index (Phi) is 4.63. The molecule has 2 rings (SSSR count). The van der Waals surface area contributed by atoms with Crippen LogP contribution in [0.3, 0.4) is 0 Å². The number of carbonyl (C=O) groups excluding carboxylic acids is 1. The molecule has 0 saturated carbocycles. The maximum Gasteiger partial charge on any atom is 0.258 e. The molecule has 0 aliphatic heterocycles. The van der Waals surface area contributed by atoms with E-state index in [1.807, 2.05) is 26.0 Å². The van der Waals surface area contributed by atoms with Crippen LogP contribution in [-0.4, -0.2) is 12.5 Å². The Labute approximate surface area is 122 Å². The molecular weight excluding hydrogens is 272 g/mol. The van der Waals surface area contributed by atoms with Gasteiger partial charge in [-0.05, 0) is 38.1 Å². The maximum absolute atomic E-state index is 11.8. The molecule has 1 aromatic heterocycles. The monoisotopic (exact) mass is 290 g/mol. The second kappa shape index (κ2) is 6.43. The molecular formula is C15H18N2O2S. The Balaban J connectivity index is 1.83. The van der Waals surface area contributed by atoms with Crippen molar-refractivity contribution < 1.29 is 9.53 Å². The van der Waals surface area contributed by atoms with Crippen LogP contribution in [0.25, 0.3) is 0 Å². The van der Waals surface area contributed by atoms with E-state index < -0.39 is 0 Å². The third-order valence-electron chi connectivity index (χ3n) is 2.79. The minimum Gasteiger partial charge on any atom is -0.484 e. The molecule has 1 heterocycles. The summed E-state index contributed by atoms with van der Waals surface area (Å²) in [5.41, 5.74) is 6.26. The van der Waals surface area contributed by atoms with Crippen molar-refractivity contribution in [3.8, 4) is 5.75 Å². The van der Waals surface area contributed by atoms with Crippen LogP contribution in [0.2, 0.25) is 0 Å². The zero-order valence-electron chi connectivity index (χ0n) is 11.6. The van der Waals surface area contributed by atoms with Gasteiger partial charge in [-0.2, -0.15) is 0 Å². The molecule has 5 heteroatoms. The molecule has 0 saturated heterocycles. The summed E-state index contributed by atoms with van der Waals surface area (Å²) in [7, 11) is 0. The van der Waals surface area contributed by atoms with Crippen LogP contribution < -0.4 is 15.8 Å². The first kappa shape index (κ1) is 14.4. The van der Waals surface area contributed by atoms with Gasteiger partial charge >= 0.3 is 0 Å². The highest BCUT2D eigenvalue weighted by Crippen LogP contribution is 2.22. The fourth-order valence-electron chi connectivity index (χ4n) is 1.79. The lowest BCUT2D eigenvalue weighted by Crippen LogP contribution is -2.30. The molecule has 0 bridgehead atoms. The average molecular weight is 290 g/mol. The average Bonchev–Trinajstić information content (AvgIpc) is 2.83. The summed E-state index contributed by atoms with van der Waals surface area (Å²) in [6, 6.07) is 11.1. The molecule has 1 amide bonds. The van der Waals surface area contributed by atoms with E-state index in [-0.39, 0.29) is 18.6 Å². The normalized spacial score (nSPS) is 11.9. The number of nitrogens with one attached hydrogen (secondary N) is 1. The first-order valence-electron chi connectivity index (χ1n) is 6.38. The number of aryl methyl sites for hydroxylation is 1. The van der Waals surface area contributed by atoms with E-state index in [0.29, 0.717) is 11.4 Å². The second-order valence-electron chi connectivity index (χ2n) is 4.60. The summed E-state index contributed by atoms with van der Waals surface area (Å²) in [4.78, 5) is 14.2. The molecule has 1 aromatic carbocycles. The molecule has 0 aliphatic carbocycles. The first-order valence-corrected chi connectivity index (χ1v) is 7.20. The largest absolute Gasteiger partial charge is 0.484 e. The van der Waals surface area contributed by atoms with Crippen molar-refractivity contribution in [1.82, 2.24) is 5.32 Å². The molecule has 4 nitrogen and oxygen atoms in total. The zero-order valence-corrected chi connectivity index (χ0v) is 12.4. The lowest BCUT2D eigenvalue weighted by Gasteiger charge is -2.13. The summed E-state index contributed by atoms with van der Waals surface area (Å²) < 4.78 is 5.40. The van der Waals surface area contributed by atoms with Crippen LogP contribution in [0.4, 0.5) is 5.69 Å². The molecule has 0 fully saturated rings. The number of nitrogens with two attached hydrogens (primary N) is 1. The quantitative estimate of drug-likeness (QED) is 0.832. The highest BCUT2D eigenvalue weighted by Gasteiger charge is 2.11. The number of rotatable bonds is 5. The molecule has 106 valence electrons. The smallest absolute Gasteiger partial charge is 0.258 e. The minimum absolute atomic E-state index is 0.00866. The number of thiophene rings is 1. The van der Waals surface area contributed by atoms with Crippen LogP contribution in [0.15, 0.2) is 36.4 Å². The number of hydrogen-bond donors (Lipinski definition) is 2. The van der Waals surface area contributed by atoms with Crippen molar-refractivity contribution in [3.63, 3.8) is 0 Å². The van der Waals surface area contributed by atoms with Gasteiger partial charge in [-0.15, -0.1) is 11.3 Å². The third kappa shape index (κ3) is 3.99. The number of carbonyl (C=O) groups is 1. The number of hydrogen-bond acceptors (Lipinski definition) is 4. The number of benzene rings is 1. The SMILES string of the molecule is Cc1ccc(C(C)NC(=O)COc2cccc(N)c2)s1. The Morgan fingerprint density at radius 3 is 2.85 bits per heavy atom. The summed E-state index contributed by atoms with van der Waals surface area (Å²) in [5, 5.41) is 2.91. The predicted octanol–water partition coefficient (Wildman–Crippen LogP) is 2.89. The van der Waals surface area contributed by atoms with Gasteiger partial charge in [0.05, 0.1) is 6.04 Å². The van der Waals surface area contributed by atoms with Crippen molar-refractivity contribution >= 4 is 22.9 Å². The van der Waals surface area contributed by atoms with Gasteiger partial charge in [-0.1, -0.05) is 6.07 Å². The number of nitrogen functional groups attached to an aromatic ring is 1. The van der Waals surface area contributed by atoms with Gasteiger partial charge in [0.15, 0.2) is 6.61 Å². The van der Waals surface area contributed by atoms with Gasteiger partial charge in [0.2, 0.25) is 0 Å². The summed E-state index contributed by atoms with van der Waals surface area (Å²) in [6.45, 7) is 3.99. The number of ether oxygens (including phenoxy) is 1. The Hall–Kier alpha value is -2.01. The zero-order chi connectivity index (χ0) is 14.5. The minimum atomic E-state index is -0.147. The van der Waals surface area contributed by atoms with E-state index in [2.05, 4.69) is 5.32 Å². The topological polar surface area (TPSA) is 64.3 Å². The fourth-order valence-corrected chi connectivity index (χ4v) is 2.67. The van der Waals surface area contributed by atoms with Crippen LogP contribution in [0.5, 0.6) is 5.75 Å². The van der Waals surface area contributed by atoms with Crippen molar-refractivity contribution in [2.75, 3.05) is 12.3 Å². The third-order valence-corrected chi connectivity index (χ3v) is 3.98. The first-order chi connectivity index (χ1) is 9.54. The maximum atomic E-state index is 11.8. The standard InChI is InChI=1S/C15H18N2O2S/c1-10-6-7-14(20-10)11(2)17-15(18)9-19-13-5-3-4-12(16)8-13/h3-8,11H,9,16H2,1-2H3,(H,17,18). The Morgan fingerprint density at radius 2 is 2.20 bits per heavy atom. The van der Waals surface area contributed by atoms with Crippen LogP contribution in [-0.2, 0) is 4.79 Å². The van der Waals surface area contributed by atoms with Gasteiger partial charge in [0.1, 0.15) is 5.75 Å². The summed E-state index contributed by atoms with van der Waals surface area (Å²) in [5.74, 6) is 0.450. The van der Waals surface area contributed by atoms with Crippen LogP contribution in [0, 0.1) is 6.92 Å². The van der Waals surface area contributed by atoms with Crippen molar-refractivity contribution in [2.45, 2.75) is 19.9 Å². The summed E-state index contributed by atoms with van der Waals surface area (Å²) in [6.07, 6.45) is 0. The fraction of sp³-hybridized carbons (Fsp3) is 0.267. The van der Waals surface area contributed by atoms with Crippen LogP contribution >= 0.6 is 11.3 Å². The van der Waals surface area contributed by atoms with Gasteiger partial charge in [0.25, 0.3) is 5.91 Å². The van der Waals surface area contributed by atoms with Gasteiger partial charge in [-0.25, -0.2) is 0 Å². The molecule has 0 aliphatic rings. The highest BCUT2D eigenvalue weighted by atomic mass is 32.1. The number of anilines is 1. The van der Waals surface area contributed by atoms with Gasteiger partial charge in [0, 0.05) is 21.5 Å². The lowest BCUT2D eigenvalue weighted by molar-refractivity contribution is -0.123. The summed E-state index contributed by atoms with van der Waals surface area (Å²) >= 11 is 1.68. The predicted molar refractivity (Wildman–Crippen MR) is 82.0 cm³/mol.